The van der Waals surface area contributed by atoms with E-state index in [4.69, 9.17) is 5.11 Å². The van der Waals surface area contributed by atoms with Crippen LogP contribution in [-0.4, -0.2) is 31.1 Å². The summed E-state index contributed by atoms with van der Waals surface area (Å²) < 4.78 is 38.5. The first-order valence-electron chi connectivity index (χ1n) is 5.96. The number of anilines is 1. The fraction of sp³-hybridized carbons (Fsp3) is 0.462. The molecular weight excluding hydrogens is 259 g/mol. The number of halogens is 3. The van der Waals surface area contributed by atoms with E-state index in [1.165, 1.54) is 12.1 Å². The minimum atomic E-state index is -4.55. The van der Waals surface area contributed by atoms with Crippen LogP contribution in [0.2, 0.25) is 0 Å². The summed E-state index contributed by atoms with van der Waals surface area (Å²) in [4.78, 5) is 12.4. The molecule has 0 atom stereocenters. The second-order valence-electron chi connectivity index (χ2n) is 4.04. The van der Waals surface area contributed by atoms with Gasteiger partial charge in [-0.2, -0.15) is 13.2 Å². The number of carbonyl (C=O) groups excluding carboxylic acids is 1. The van der Waals surface area contributed by atoms with Gasteiger partial charge in [0.2, 0.25) is 0 Å². The highest BCUT2D eigenvalue weighted by atomic mass is 19.4. The van der Waals surface area contributed by atoms with E-state index >= 15 is 0 Å². The minimum absolute atomic E-state index is 0.0188. The number of hydrogen-bond donors (Lipinski definition) is 1. The zero-order valence-corrected chi connectivity index (χ0v) is 10.6. The van der Waals surface area contributed by atoms with Crippen molar-refractivity contribution in [2.45, 2.75) is 19.5 Å². The average molecular weight is 275 g/mol. The zero-order valence-electron chi connectivity index (χ0n) is 10.6. The van der Waals surface area contributed by atoms with Gasteiger partial charge in [0, 0.05) is 30.9 Å². The predicted octanol–water partition coefficient (Wildman–Crippen LogP) is 2.73. The summed E-state index contributed by atoms with van der Waals surface area (Å²) in [5, 5.41) is 8.77. The highest BCUT2D eigenvalue weighted by molar-refractivity contribution is 5.79. The van der Waals surface area contributed by atoms with Crippen molar-refractivity contribution < 1.29 is 23.1 Å². The van der Waals surface area contributed by atoms with Crippen LogP contribution in [-0.2, 0) is 6.18 Å². The second-order valence-corrected chi connectivity index (χ2v) is 4.04. The molecule has 0 aliphatic rings. The Balaban J connectivity index is 3.12. The van der Waals surface area contributed by atoms with Gasteiger partial charge in [0.15, 0.2) is 6.29 Å². The van der Waals surface area contributed by atoms with E-state index in [9.17, 15) is 18.0 Å². The van der Waals surface area contributed by atoms with Crippen LogP contribution in [0.1, 0.15) is 29.3 Å². The third kappa shape index (κ3) is 3.96. The van der Waals surface area contributed by atoms with Crippen LogP contribution in [0.3, 0.4) is 0 Å². The largest absolute Gasteiger partial charge is 0.417 e. The van der Waals surface area contributed by atoms with Crippen molar-refractivity contribution >= 4 is 12.0 Å². The number of aliphatic hydroxyl groups is 1. The molecule has 19 heavy (non-hydrogen) atoms. The maximum atomic E-state index is 12.8. The number of nitrogens with zero attached hydrogens (tertiary/aromatic N) is 1. The molecule has 3 nitrogen and oxygen atoms in total. The van der Waals surface area contributed by atoms with Crippen molar-refractivity contribution in [1.29, 1.82) is 0 Å². The van der Waals surface area contributed by atoms with Crippen molar-refractivity contribution in [3.63, 3.8) is 0 Å². The van der Waals surface area contributed by atoms with Gasteiger partial charge in [-0.3, -0.25) is 4.79 Å². The molecule has 0 saturated heterocycles. The van der Waals surface area contributed by atoms with Crippen molar-refractivity contribution in [3.8, 4) is 0 Å². The van der Waals surface area contributed by atoms with Gasteiger partial charge in [0.25, 0.3) is 0 Å². The lowest BCUT2D eigenvalue weighted by Crippen LogP contribution is -2.25. The van der Waals surface area contributed by atoms with E-state index in [0.29, 0.717) is 25.2 Å². The number of benzene rings is 1. The molecule has 1 aromatic carbocycles. The number of aliphatic hydroxyl groups excluding tert-OH is 1. The summed E-state index contributed by atoms with van der Waals surface area (Å²) in [6.45, 7) is 2.79. The molecule has 0 heterocycles. The topological polar surface area (TPSA) is 40.5 Å². The lowest BCUT2D eigenvalue weighted by Gasteiger charge is -2.24. The number of carbonyl (C=O) groups is 1. The molecule has 0 aliphatic carbocycles. The van der Waals surface area contributed by atoms with Crippen LogP contribution >= 0.6 is 0 Å². The van der Waals surface area contributed by atoms with E-state index in [1.807, 2.05) is 6.92 Å². The van der Waals surface area contributed by atoms with E-state index in [0.717, 1.165) is 6.07 Å². The Bertz CT molecular complexity index is 432. The van der Waals surface area contributed by atoms with Crippen LogP contribution in [0.15, 0.2) is 18.2 Å². The van der Waals surface area contributed by atoms with Crippen LogP contribution < -0.4 is 4.90 Å². The van der Waals surface area contributed by atoms with Gasteiger partial charge >= 0.3 is 6.18 Å². The van der Waals surface area contributed by atoms with Gasteiger partial charge in [-0.15, -0.1) is 0 Å². The van der Waals surface area contributed by atoms with Gasteiger partial charge in [-0.1, -0.05) is 0 Å². The third-order valence-electron chi connectivity index (χ3n) is 2.80. The molecule has 0 bridgehead atoms. The van der Waals surface area contributed by atoms with Gasteiger partial charge in [-0.05, 0) is 31.5 Å². The van der Waals surface area contributed by atoms with Gasteiger partial charge in [0.1, 0.15) is 0 Å². The molecule has 0 spiro atoms. The first-order chi connectivity index (χ1) is 8.93. The third-order valence-corrected chi connectivity index (χ3v) is 2.80. The predicted molar refractivity (Wildman–Crippen MR) is 66.4 cm³/mol. The maximum absolute atomic E-state index is 12.8. The lowest BCUT2D eigenvalue weighted by atomic mass is 10.1. The molecule has 1 N–H and O–H groups in total. The molecule has 0 radical (unpaired) electrons. The first kappa shape index (κ1) is 15.5. The number of alkyl halides is 3. The number of hydrogen-bond acceptors (Lipinski definition) is 3. The number of rotatable bonds is 6. The van der Waals surface area contributed by atoms with Crippen molar-refractivity contribution in [3.05, 3.63) is 29.3 Å². The maximum Gasteiger partial charge on any atom is 0.417 e. The molecule has 0 saturated carbocycles. The smallest absolute Gasteiger partial charge is 0.396 e. The Labute approximate surface area is 109 Å². The summed E-state index contributed by atoms with van der Waals surface area (Å²) >= 11 is 0. The lowest BCUT2D eigenvalue weighted by molar-refractivity contribution is -0.137. The molecule has 1 aromatic rings. The Morgan fingerprint density at radius 2 is 2.05 bits per heavy atom. The first-order valence-corrected chi connectivity index (χ1v) is 5.96. The second kappa shape index (κ2) is 6.56. The highest BCUT2D eigenvalue weighted by Gasteiger charge is 2.33. The molecule has 0 aliphatic heterocycles. The standard InChI is InChI=1S/C13H16F3NO2/c1-2-17(6-3-7-18)11-5-4-10(9-19)12(8-11)13(14,15)16/h4-5,8-9,18H,2-3,6-7H2,1H3. The van der Waals surface area contributed by atoms with Crippen LogP contribution in [0.4, 0.5) is 18.9 Å². The molecule has 0 amide bonds. The SMILES string of the molecule is CCN(CCCO)c1ccc(C=O)c(C(F)(F)F)c1. The fourth-order valence-electron chi connectivity index (χ4n) is 1.82. The molecule has 0 fully saturated rings. The zero-order chi connectivity index (χ0) is 14.5. The Kier molecular flexibility index (Phi) is 5.35. The minimum Gasteiger partial charge on any atom is -0.396 e. The molecule has 1 rings (SSSR count). The van der Waals surface area contributed by atoms with Crippen LogP contribution in [0, 0.1) is 0 Å². The van der Waals surface area contributed by atoms with Gasteiger partial charge < -0.3 is 10.0 Å². The summed E-state index contributed by atoms with van der Waals surface area (Å²) in [6, 6.07) is 3.64. The van der Waals surface area contributed by atoms with Crippen LogP contribution in [0.5, 0.6) is 0 Å². The molecule has 106 valence electrons. The van der Waals surface area contributed by atoms with Crippen molar-refractivity contribution in [2.75, 3.05) is 24.6 Å². The fourth-order valence-corrected chi connectivity index (χ4v) is 1.82. The Morgan fingerprint density at radius 3 is 2.53 bits per heavy atom. The normalized spacial score (nSPS) is 11.4. The average Bonchev–Trinajstić information content (AvgIpc) is 2.38. The number of aldehydes is 1. The highest BCUT2D eigenvalue weighted by Crippen LogP contribution is 2.34. The quantitative estimate of drug-likeness (QED) is 0.811. The van der Waals surface area contributed by atoms with E-state index in [-0.39, 0.29) is 18.5 Å². The van der Waals surface area contributed by atoms with Crippen molar-refractivity contribution in [1.82, 2.24) is 0 Å². The summed E-state index contributed by atoms with van der Waals surface area (Å²) in [5.74, 6) is 0. The molecule has 6 heteroatoms. The Morgan fingerprint density at radius 1 is 1.37 bits per heavy atom. The Hall–Kier alpha value is -1.56. The van der Waals surface area contributed by atoms with Gasteiger partial charge in [0.05, 0.1) is 5.56 Å². The summed E-state index contributed by atoms with van der Waals surface area (Å²) in [6.07, 6.45) is -3.87. The molecule has 0 unspecified atom stereocenters. The summed E-state index contributed by atoms with van der Waals surface area (Å²) in [5.41, 5.74) is -0.897. The van der Waals surface area contributed by atoms with E-state index in [2.05, 4.69) is 0 Å². The monoisotopic (exact) mass is 275 g/mol. The van der Waals surface area contributed by atoms with Gasteiger partial charge in [-0.25, -0.2) is 0 Å². The van der Waals surface area contributed by atoms with Crippen LogP contribution in [0.25, 0.3) is 0 Å². The van der Waals surface area contributed by atoms with E-state index < -0.39 is 11.7 Å². The summed E-state index contributed by atoms with van der Waals surface area (Å²) in [7, 11) is 0. The molecular formula is C13H16F3NO2. The van der Waals surface area contributed by atoms with Crippen molar-refractivity contribution in [2.24, 2.45) is 0 Å². The molecule has 0 aromatic heterocycles. The van der Waals surface area contributed by atoms with E-state index in [1.54, 1.807) is 4.90 Å².